The number of aromatic nitrogens is 2. The molecular formula is C13H14N4. The highest BCUT2D eigenvalue weighted by Gasteiger charge is 1.88. The second-order valence-electron chi connectivity index (χ2n) is 3.59. The van der Waals surface area contributed by atoms with Gasteiger partial charge < -0.3 is 16.5 Å². The van der Waals surface area contributed by atoms with Crippen LogP contribution in [-0.4, -0.2) is 9.97 Å². The van der Waals surface area contributed by atoms with Crippen LogP contribution in [0.2, 0.25) is 0 Å². The van der Waals surface area contributed by atoms with Gasteiger partial charge in [-0.25, -0.2) is 4.98 Å². The van der Waals surface area contributed by atoms with Crippen LogP contribution in [0.1, 0.15) is 0 Å². The Hall–Kier alpha value is -2.49. The summed E-state index contributed by atoms with van der Waals surface area (Å²) in [5.41, 5.74) is 14.4. The first-order valence-electron chi connectivity index (χ1n) is 5.25. The molecule has 0 radical (unpaired) electrons. The van der Waals surface area contributed by atoms with E-state index in [9.17, 15) is 0 Å². The van der Waals surface area contributed by atoms with Crippen molar-refractivity contribution in [2.75, 3.05) is 11.5 Å². The Kier molecular flexibility index (Phi) is 3.25. The van der Waals surface area contributed by atoms with Gasteiger partial charge in [0, 0.05) is 11.4 Å². The molecule has 0 unspecified atom stereocenters. The first-order valence-corrected chi connectivity index (χ1v) is 5.25. The fraction of sp³-hybridized carbons (Fsp3) is 0. The van der Waals surface area contributed by atoms with Crippen molar-refractivity contribution in [1.82, 2.24) is 9.97 Å². The Morgan fingerprint density at radius 2 is 1.41 bits per heavy atom. The minimum atomic E-state index is 0.749. The van der Waals surface area contributed by atoms with Crippen LogP contribution < -0.4 is 11.5 Å². The summed E-state index contributed by atoms with van der Waals surface area (Å²) < 4.78 is 0. The normalized spacial score (nSPS) is 9.65. The molecule has 0 aliphatic carbocycles. The van der Waals surface area contributed by atoms with Gasteiger partial charge in [0.25, 0.3) is 0 Å². The molecule has 0 saturated carbocycles. The smallest absolute Gasteiger partial charge is 0.0931 e. The molecule has 4 heteroatoms. The van der Waals surface area contributed by atoms with Crippen LogP contribution in [0.15, 0.2) is 54.9 Å². The fourth-order valence-corrected chi connectivity index (χ4v) is 1.38. The zero-order valence-corrected chi connectivity index (χ0v) is 9.30. The van der Waals surface area contributed by atoms with E-state index >= 15 is 0 Å². The van der Waals surface area contributed by atoms with Crippen LogP contribution in [0.5, 0.6) is 0 Å². The van der Waals surface area contributed by atoms with Gasteiger partial charge in [-0.15, -0.1) is 0 Å². The molecule has 3 aromatic rings. The van der Waals surface area contributed by atoms with Crippen LogP contribution >= 0.6 is 0 Å². The topological polar surface area (TPSA) is 80.7 Å². The quantitative estimate of drug-likeness (QED) is 0.515. The molecule has 3 rings (SSSR count). The number of hydrogen-bond acceptors (Lipinski definition) is 3. The van der Waals surface area contributed by atoms with E-state index in [2.05, 4.69) is 9.97 Å². The van der Waals surface area contributed by atoms with E-state index in [1.807, 2.05) is 24.3 Å². The number of aromatic amines is 1. The largest absolute Gasteiger partial charge is 0.399 e. The molecule has 2 aromatic carbocycles. The summed E-state index contributed by atoms with van der Waals surface area (Å²) in [4.78, 5) is 7.07. The molecule has 0 aliphatic rings. The van der Waals surface area contributed by atoms with Crippen molar-refractivity contribution in [1.29, 1.82) is 0 Å². The number of nitrogens with one attached hydrogen (secondary N) is 1. The number of rotatable bonds is 0. The highest BCUT2D eigenvalue weighted by molar-refractivity contribution is 5.73. The molecule has 0 atom stereocenters. The SMILES string of the molecule is Nc1ccc(N)cc1.c1ccc2[nH]cnc2c1. The summed E-state index contributed by atoms with van der Waals surface area (Å²) in [6.07, 6.45) is 1.70. The Morgan fingerprint density at radius 3 is 2.00 bits per heavy atom. The average Bonchev–Trinajstić information content (AvgIpc) is 2.82. The Balaban J connectivity index is 0.000000128. The van der Waals surface area contributed by atoms with Crippen molar-refractivity contribution in [3.63, 3.8) is 0 Å². The summed E-state index contributed by atoms with van der Waals surface area (Å²) in [5.74, 6) is 0. The van der Waals surface area contributed by atoms with Gasteiger partial charge in [-0.2, -0.15) is 0 Å². The van der Waals surface area contributed by atoms with Gasteiger partial charge in [-0.1, -0.05) is 12.1 Å². The van der Waals surface area contributed by atoms with Crippen LogP contribution in [0, 0.1) is 0 Å². The average molecular weight is 226 g/mol. The van der Waals surface area contributed by atoms with E-state index in [0.717, 1.165) is 22.4 Å². The number of anilines is 2. The van der Waals surface area contributed by atoms with Gasteiger partial charge in [-0.05, 0) is 36.4 Å². The molecule has 86 valence electrons. The number of fused-ring (bicyclic) bond motifs is 1. The minimum Gasteiger partial charge on any atom is -0.399 e. The van der Waals surface area contributed by atoms with E-state index in [0.29, 0.717) is 0 Å². The van der Waals surface area contributed by atoms with Crippen LogP contribution in [0.3, 0.4) is 0 Å². The standard InChI is InChI=1S/C7H6N2.C6H8N2/c1-2-4-7-6(3-1)8-5-9-7;7-5-1-2-6(8)4-3-5/h1-5H,(H,8,9);1-4H,7-8H2. The lowest BCUT2D eigenvalue weighted by Crippen LogP contribution is -1.86. The van der Waals surface area contributed by atoms with Crippen molar-refractivity contribution in [3.05, 3.63) is 54.9 Å². The molecule has 0 amide bonds. The molecule has 0 bridgehead atoms. The summed E-state index contributed by atoms with van der Waals surface area (Å²) >= 11 is 0. The van der Waals surface area contributed by atoms with Crippen molar-refractivity contribution in [2.24, 2.45) is 0 Å². The number of nitrogen functional groups attached to an aromatic ring is 2. The first-order chi connectivity index (χ1) is 8.25. The summed E-state index contributed by atoms with van der Waals surface area (Å²) in [5, 5.41) is 0. The maximum absolute atomic E-state index is 5.37. The molecule has 0 saturated heterocycles. The van der Waals surface area contributed by atoms with Gasteiger partial charge in [0.2, 0.25) is 0 Å². The predicted octanol–water partition coefficient (Wildman–Crippen LogP) is 2.41. The second-order valence-corrected chi connectivity index (χ2v) is 3.59. The predicted molar refractivity (Wildman–Crippen MR) is 71.4 cm³/mol. The molecule has 5 N–H and O–H groups in total. The Bertz CT molecular complexity index is 532. The Morgan fingerprint density at radius 1 is 0.824 bits per heavy atom. The van der Waals surface area contributed by atoms with E-state index < -0.39 is 0 Å². The molecular weight excluding hydrogens is 212 g/mol. The Labute approximate surface area is 99.3 Å². The highest BCUT2D eigenvalue weighted by atomic mass is 14.9. The van der Waals surface area contributed by atoms with Gasteiger partial charge in [0.05, 0.1) is 17.4 Å². The van der Waals surface area contributed by atoms with Crippen molar-refractivity contribution < 1.29 is 0 Å². The maximum Gasteiger partial charge on any atom is 0.0931 e. The number of H-pyrrole nitrogens is 1. The lowest BCUT2D eigenvalue weighted by atomic mass is 10.3. The van der Waals surface area contributed by atoms with E-state index in [1.54, 1.807) is 30.6 Å². The summed E-state index contributed by atoms with van der Waals surface area (Å²) in [7, 11) is 0. The van der Waals surface area contributed by atoms with E-state index in [1.165, 1.54) is 0 Å². The van der Waals surface area contributed by atoms with E-state index in [4.69, 9.17) is 11.5 Å². The monoisotopic (exact) mass is 226 g/mol. The maximum atomic E-state index is 5.37. The number of para-hydroxylation sites is 2. The van der Waals surface area contributed by atoms with Crippen molar-refractivity contribution >= 4 is 22.4 Å². The molecule has 17 heavy (non-hydrogen) atoms. The lowest BCUT2D eigenvalue weighted by Gasteiger charge is -1.90. The van der Waals surface area contributed by atoms with Gasteiger partial charge in [-0.3, -0.25) is 0 Å². The first kappa shape index (κ1) is 11.0. The number of nitrogens with two attached hydrogens (primary N) is 2. The lowest BCUT2D eigenvalue weighted by molar-refractivity contribution is 1.34. The molecule has 0 fully saturated rings. The fourth-order valence-electron chi connectivity index (χ4n) is 1.38. The number of hydrogen-bond donors (Lipinski definition) is 3. The molecule has 1 heterocycles. The van der Waals surface area contributed by atoms with Crippen LogP contribution in [0.4, 0.5) is 11.4 Å². The zero-order chi connectivity index (χ0) is 12.1. The third-order valence-electron chi connectivity index (χ3n) is 2.26. The van der Waals surface area contributed by atoms with E-state index in [-0.39, 0.29) is 0 Å². The summed E-state index contributed by atoms with van der Waals surface area (Å²) in [6.45, 7) is 0. The molecule has 4 nitrogen and oxygen atoms in total. The number of imidazole rings is 1. The van der Waals surface area contributed by atoms with Gasteiger partial charge in [0.15, 0.2) is 0 Å². The second kappa shape index (κ2) is 5.03. The molecule has 0 aliphatic heterocycles. The summed E-state index contributed by atoms with van der Waals surface area (Å²) in [6, 6.07) is 15.0. The number of benzene rings is 2. The van der Waals surface area contributed by atoms with Gasteiger partial charge >= 0.3 is 0 Å². The third-order valence-corrected chi connectivity index (χ3v) is 2.26. The van der Waals surface area contributed by atoms with Crippen LogP contribution in [-0.2, 0) is 0 Å². The minimum absolute atomic E-state index is 0.749. The molecule has 1 aromatic heterocycles. The van der Waals surface area contributed by atoms with Crippen LogP contribution in [0.25, 0.3) is 11.0 Å². The zero-order valence-electron chi connectivity index (χ0n) is 9.30. The third kappa shape index (κ3) is 2.98. The van der Waals surface area contributed by atoms with Gasteiger partial charge in [0.1, 0.15) is 0 Å². The molecule has 0 spiro atoms. The van der Waals surface area contributed by atoms with Crippen molar-refractivity contribution in [2.45, 2.75) is 0 Å². The van der Waals surface area contributed by atoms with Crippen molar-refractivity contribution in [3.8, 4) is 0 Å². The highest BCUT2D eigenvalue weighted by Crippen LogP contribution is 2.05. The number of nitrogens with zero attached hydrogens (tertiary/aromatic N) is 1.